The van der Waals surface area contributed by atoms with Gasteiger partial charge in [0.2, 0.25) is 0 Å². The molecular weight excluding hydrogens is 242 g/mol. The molecule has 0 saturated carbocycles. The van der Waals surface area contributed by atoms with Gasteiger partial charge in [-0.05, 0) is 36.0 Å². The van der Waals surface area contributed by atoms with Crippen LogP contribution in [-0.4, -0.2) is 26.0 Å². The molecule has 1 unspecified atom stereocenters. The Hall–Kier alpha value is -1.03. The standard InChI is InChI=1S/C14H19N3S/c1-10(2)13-16-12-4-3-6-15-14(12)17(13)8-11-5-7-18-9-11/h3-4,6,10-11H,5,7-9H2,1-2H3. The van der Waals surface area contributed by atoms with Crippen molar-refractivity contribution < 1.29 is 0 Å². The van der Waals surface area contributed by atoms with Crippen LogP contribution in [0.2, 0.25) is 0 Å². The zero-order valence-electron chi connectivity index (χ0n) is 11.0. The third-order valence-electron chi connectivity index (χ3n) is 3.51. The normalized spacial score (nSPS) is 20.1. The molecule has 1 atom stereocenters. The molecule has 1 fully saturated rings. The predicted molar refractivity (Wildman–Crippen MR) is 77.0 cm³/mol. The van der Waals surface area contributed by atoms with Gasteiger partial charge in [-0.15, -0.1) is 0 Å². The number of thioether (sulfide) groups is 1. The van der Waals surface area contributed by atoms with Crippen LogP contribution in [0.15, 0.2) is 18.3 Å². The molecular formula is C14H19N3S. The number of pyridine rings is 1. The third-order valence-corrected chi connectivity index (χ3v) is 4.75. The van der Waals surface area contributed by atoms with Gasteiger partial charge in [-0.3, -0.25) is 0 Å². The van der Waals surface area contributed by atoms with Gasteiger partial charge < -0.3 is 4.57 Å². The molecule has 3 heterocycles. The van der Waals surface area contributed by atoms with Gasteiger partial charge in [0.25, 0.3) is 0 Å². The number of fused-ring (bicyclic) bond motifs is 1. The van der Waals surface area contributed by atoms with Crippen LogP contribution in [0.5, 0.6) is 0 Å². The van der Waals surface area contributed by atoms with Crippen LogP contribution in [0.3, 0.4) is 0 Å². The van der Waals surface area contributed by atoms with E-state index in [2.05, 4.69) is 41.2 Å². The molecule has 1 saturated heterocycles. The summed E-state index contributed by atoms with van der Waals surface area (Å²) in [5.41, 5.74) is 2.09. The minimum Gasteiger partial charge on any atom is -0.312 e. The Labute approximate surface area is 112 Å². The Morgan fingerprint density at radius 2 is 2.39 bits per heavy atom. The topological polar surface area (TPSA) is 30.7 Å². The molecule has 1 aliphatic heterocycles. The molecule has 0 N–H and O–H groups in total. The minimum absolute atomic E-state index is 0.452. The highest BCUT2D eigenvalue weighted by atomic mass is 32.2. The van der Waals surface area contributed by atoms with E-state index in [1.807, 2.05) is 12.3 Å². The van der Waals surface area contributed by atoms with Crippen molar-refractivity contribution in [3.05, 3.63) is 24.2 Å². The maximum absolute atomic E-state index is 4.75. The SMILES string of the molecule is CC(C)c1nc2cccnc2n1CC1CCSC1. The molecule has 2 aromatic rings. The molecule has 96 valence electrons. The number of rotatable bonds is 3. The van der Waals surface area contributed by atoms with Crippen LogP contribution in [0, 0.1) is 5.92 Å². The monoisotopic (exact) mass is 261 g/mol. The van der Waals surface area contributed by atoms with Crippen molar-refractivity contribution in [2.45, 2.75) is 32.7 Å². The van der Waals surface area contributed by atoms with Crippen molar-refractivity contribution in [1.29, 1.82) is 0 Å². The van der Waals surface area contributed by atoms with E-state index in [9.17, 15) is 0 Å². The molecule has 1 aliphatic rings. The van der Waals surface area contributed by atoms with Crippen LogP contribution >= 0.6 is 11.8 Å². The second kappa shape index (κ2) is 4.92. The maximum Gasteiger partial charge on any atom is 0.160 e. The summed E-state index contributed by atoms with van der Waals surface area (Å²) < 4.78 is 2.34. The molecule has 0 aromatic carbocycles. The second-order valence-electron chi connectivity index (χ2n) is 5.31. The second-order valence-corrected chi connectivity index (χ2v) is 6.46. The quantitative estimate of drug-likeness (QED) is 0.849. The lowest BCUT2D eigenvalue weighted by molar-refractivity contribution is 0.480. The Balaban J connectivity index is 2.03. The molecule has 0 spiro atoms. The first-order valence-electron chi connectivity index (χ1n) is 6.64. The van der Waals surface area contributed by atoms with Gasteiger partial charge in [-0.25, -0.2) is 9.97 Å². The molecule has 18 heavy (non-hydrogen) atoms. The third kappa shape index (κ3) is 2.14. The fourth-order valence-corrected chi connectivity index (χ4v) is 3.85. The van der Waals surface area contributed by atoms with Crippen molar-refractivity contribution in [2.24, 2.45) is 5.92 Å². The van der Waals surface area contributed by atoms with Gasteiger partial charge in [-0.2, -0.15) is 11.8 Å². The average molecular weight is 261 g/mol. The highest BCUT2D eigenvalue weighted by Crippen LogP contribution is 2.28. The molecule has 3 nitrogen and oxygen atoms in total. The first-order chi connectivity index (χ1) is 8.75. The first-order valence-corrected chi connectivity index (χ1v) is 7.80. The Kier molecular flexibility index (Phi) is 3.29. The van der Waals surface area contributed by atoms with E-state index in [0.29, 0.717) is 5.92 Å². The van der Waals surface area contributed by atoms with E-state index in [1.165, 1.54) is 23.8 Å². The van der Waals surface area contributed by atoms with Crippen molar-refractivity contribution in [3.63, 3.8) is 0 Å². The van der Waals surface area contributed by atoms with Gasteiger partial charge in [0.05, 0.1) is 0 Å². The van der Waals surface area contributed by atoms with E-state index in [0.717, 1.165) is 23.6 Å². The molecule has 0 amide bonds. The molecule has 4 heteroatoms. The summed E-state index contributed by atoms with van der Waals surface area (Å²) in [7, 11) is 0. The zero-order chi connectivity index (χ0) is 12.5. The van der Waals surface area contributed by atoms with Gasteiger partial charge in [0.15, 0.2) is 5.65 Å². The Bertz CT molecular complexity index is 541. The summed E-state index contributed by atoms with van der Waals surface area (Å²) >= 11 is 2.07. The smallest absolute Gasteiger partial charge is 0.160 e. The minimum atomic E-state index is 0.452. The van der Waals surface area contributed by atoms with Crippen LogP contribution in [0.4, 0.5) is 0 Å². The van der Waals surface area contributed by atoms with E-state index >= 15 is 0 Å². The van der Waals surface area contributed by atoms with E-state index in [1.54, 1.807) is 0 Å². The molecule has 3 rings (SSSR count). The van der Waals surface area contributed by atoms with E-state index in [-0.39, 0.29) is 0 Å². The highest BCUT2D eigenvalue weighted by molar-refractivity contribution is 7.99. The van der Waals surface area contributed by atoms with Crippen molar-refractivity contribution in [2.75, 3.05) is 11.5 Å². The van der Waals surface area contributed by atoms with Gasteiger partial charge in [0, 0.05) is 18.7 Å². The summed E-state index contributed by atoms with van der Waals surface area (Å²) in [5.74, 6) is 5.01. The van der Waals surface area contributed by atoms with Crippen LogP contribution in [-0.2, 0) is 6.54 Å². The molecule has 0 bridgehead atoms. The summed E-state index contributed by atoms with van der Waals surface area (Å²) in [6.07, 6.45) is 3.20. The fraction of sp³-hybridized carbons (Fsp3) is 0.571. The summed E-state index contributed by atoms with van der Waals surface area (Å²) in [4.78, 5) is 9.27. The van der Waals surface area contributed by atoms with Crippen molar-refractivity contribution in [3.8, 4) is 0 Å². The first kappa shape index (κ1) is 12.0. The molecule has 0 radical (unpaired) electrons. The highest BCUT2D eigenvalue weighted by Gasteiger charge is 2.21. The number of hydrogen-bond donors (Lipinski definition) is 0. The summed E-state index contributed by atoms with van der Waals surface area (Å²) in [5, 5.41) is 0. The number of nitrogens with zero attached hydrogens (tertiary/aromatic N) is 3. The largest absolute Gasteiger partial charge is 0.312 e. The number of imidazole rings is 1. The Morgan fingerprint density at radius 3 is 3.11 bits per heavy atom. The van der Waals surface area contributed by atoms with Crippen LogP contribution in [0.25, 0.3) is 11.2 Å². The zero-order valence-corrected chi connectivity index (χ0v) is 11.8. The lowest BCUT2D eigenvalue weighted by Crippen LogP contribution is -2.14. The van der Waals surface area contributed by atoms with Crippen molar-refractivity contribution >= 4 is 22.9 Å². The van der Waals surface area contributed by atoms with E-state index in [4.69, 9.17) is 4.98 Å². The lowest BCUT2D eigenvalue weighted by Gasteiger charge is -2.14. The Morgan fingerprint density at radius 1 is 1.50 bits per heavy atom. The van der Waals surface area contributed by atoms with Crippen LogP contribution in [0.1, 0.15) is 32.0 Å². The number of hydrogen-bond acceptors (Lipinski definition) is 3. The predicted octanol–water partition coefficient (Wildman–Crippen LogP) is 3.31. The number of aromatic nitrogens is 3. The summed E-state index contributed by atoms with van der Waals surface area (Å²) in [6, 6.07) is 4.03. The molecule has 2 aromatic heterocycles. The molecule has 0 aliphatic carbocycles. The summed E-state index contributed by atoms with van der Waals surface area (Å²) in [6.45, 7) is 5.50. The maximum atomic E-state index is 4.75. The van der Waals surface area contributed by atoms with Crippen molar-refractivity contribution in [1.82, 2.24) is 14.5 Å². The van der Waals surface area contributed by atoms with E-state index < -0.39 is 0 Å². The van der Waals surface area contributed by atoms with Crippen LogP contribution < -0.4 is 0 Å². The van der Waals surface area contributed by atoms with Gasteiger partial charge in [-0.1, -0.05) is 13.8 Å². The average Bonchev–Trinajstić information content (AvgIpc) is 2.98. The van der Waals surface area contributed by atoms with Gasteiger partial charge in [0.1, 0.15) is 11.3 Å². The fourth-order valence-electron chi connectivity index (χ4n) is 2.58. The lowest BCUT2D eigenvalue weighted by atomic mass is 10.1. The van der Waals surface area contributed by atoms with Gasteiger partial charge >= 0.3 is 0 Å².